The molecule has 0 radical (unpaired) electrons. The molecule has 29 heavy (non-hydrogen) atoms. The Morgan fingerprint density at radius 3 is 2.14 bits per heavy atom. The summed E-state index contributed by atoms with van der Waals surface area (Å²) in [4.78, 5) is 24.8. The van der Waals surface area contributed by atoms with Crippen LogP contribution in [0.5, 0.6) is 0 Å². The summed E-state index contributed by atoms with van der Waals surface area (Å²) < 4.78 is 16.7. The second-order valence-corrected chi connectivity index (χ2v) is 7.71. The number of rotatable bonds is 8. The number of ether oxygens (including phenoxy) is 3. The first kappa shape index (κ1) is 21.1. The van der Waals surface area contributed by atoms with E-state index in [0.29, 0.717) is 11.1 Å². The van der Waals surface area contributed by atoms with Gasteiger partial charge in [0, 0.05) is 0 Å². The molecular formula is C22H22O6S. The fourth-order valence-electron chi connectivity index (χ4n) is 2.92. The summed E-state index contributed by atoms with van der Waals surface area (Å²) in [6.45, 7) is 3.76. The molecule has 2 aromatic carbocycles. The van der Waals surface area contributed by atoms with E-state index in [1.54, 1.807) is 66.7 Å². The molecule has 3 rings (SSSR count). The maximum absolute atomic E-state index is 12.5. The van der Waals surface area contributed by atoms with Gasteiger partial charge in [-0.15, -0.1) is 18.3 Å². The van der Waals surface area contributed by atoms with Gasteiger partial charge in [0.25, 0.3) is 0 Å². The van der Waals surface area contributed by atoms with Crippen LogP contribution in [0.4, 0.5) is 0 Å². The number of carbonyl (C=O) groups excluding carboxylic acids is 2. The third-order valence-electron chi connectivity index (χ3n) is 4.33. The summed E-state index contributed by atoms with van der Waals surface area (Å²) in [6.07, 6.45) is 0.00766. The first-order chi connectivity index (χ1) is 14.1. The Bertz CT molecular complexity index is 826. The lowest BCUT2D eigenvalue weighted by atomic mass is 10.1. The Morgan fingerprint density at radius 1 is 0.966 bits per heavy atom. The van der Waals surface area contributed by atoms with Gasteiger partial charge in [0.2, 0.25) is 0 Å². The summed E-state index contributed by atoms with van der Waals surface area (Å²) in [5.74, 6) is -1.01. The second kappa shape index (κ2) is 10.2. The van der Waals surface area contributed by atoms with Gasteiger partial charge in [-0.1, -0.05) is 42.5 Å². The molecule has 0 saturated carbocycles. The highest BCUT2D eigenvalue weighted by Gasteiger charge is 2.47. The zero-order chi connectivity index (χ0) is 20.6. The summed E-state index contributed by atoms with van der Waals surface area (Å²) >= 11 is 1.15. The Labute approximate surface area is 173 Å². The molecule has 1 unspecified atom stereocenters. The molecule has 2 aromatic rings. The number of aliphatic hydroxyl groups excluding tert-OH is 1. The van der Waals surface area contributed by atoms with Crippen LogP contribution in [0, 0.1) is 0 Å². The summed E-state index contributed by atoms with van der Waals surface area (Å²) in [5.41, 5.74) is -0.112. The maximum Gasteiger partial charge on any atom is 0.338 e. The molecule has 0 amide bonds. The minimum Gasteiger partial charge on any atom is -0.461 e. The van der Waals surface area contributed by atoms with E-state index in [0.717, 1.165) is 11.8 Å². The van der Waals surface area contributed by atoms with Crippen LogP contribution < -0.4 is 0 Å². The fraction of sp³-hybridized carbons (Fsp3) is 0.273. The molecule has 6 nitrogen and oxygen atoms in total. The minimum absolute atomic E-state index is 0.0316. The molecule has 0 aliphatic carbocycles. The van der Waals surface area contributed by atoms with Crippen LogP contribution in [0.2, 0.25) is 0 Å². The SMILES string of the molecule is C=CCO[C@@H]1C(O)S[C@H](COC(=O)c2ccccc2)[C@@H]1OC(=O)c1ccccc1. The van der Waals surface area contributed by atoms with E-state index in [1.807, 2.05) is 0 Å². The van der Waals surface area contributed by atoms with Crippen molar-refractivity contribution in [2.24, 2.45) is 0 Å². The largest absolute Gasteiger partial charge is 0.461 e. The highest BCUT2D eigenvalue weighted by Crippen LogP contribution is 2.37. The van der Waals surface area contributed by atoms with Crippen molar-refractivity contribution in [3.05, 3.63) is 84.4 Å². The van der Waals surface area contributed by atoms with Crippen molar-refractivity contribution in [3.8, 4) is 0 Å². The van der Waals surface area contributed by atoms with Gasteiger partial charge in [0.15, 0.2) is 0 Å². The zero-order valence-corrected chi connectivity index (χ0v) is 16.5. The standard InChI is InChI=1S/C22H22O6S/c1-2-13-26-19-18(28-21(24)16-11-7-4-8-12-16)17(29-22(19)25)14-27-20(23)15-9-5-3-6-10-15/h2-12,17-19,22,25H,1,13-14H2/t17-,18+,19+,22?/m1/s1. The average molecular weight is 414 g/mol. The normalized spacial score (nSPS) is 23.3. The van der Waals surface area contributed by atoms with Gasteiger partial charge in [-0.3, -0.25) is 0 Å². The molecule has 1 aliphatic heterocycles. The third kappa shape index (κ3) is 5.47. The molecule has 7 heteroatoms. The number of esters is 2. The van der Waals surface area contributed by atoms with Crippen LogP contribution >= 0.6 is 11.8 Å². The van der Waals surface area contributed by atoms with Crippen LogP contribution in [0.15, 0.2) is 73.3 Å². The lowest BCUT2D eigenvalue weighted by Gasteiger charge is -2.24. The monoisotopic (exact) mass is 414 g/mol. The molecule has 1 heterocycles. The topological polar surface area (TPSA) is 82.1 Å². The maximum atomic E-state index is 12.5. The van der Waals surface area contributed by atoms with E-state index in [-0.39, 0.29) is 13.2 Å². The van der Waals surface area contributed by atoms with Crippen molar-refractivity contribution < 1.29 is 28.9 Å². The fourth-order valence-corrected chi connectivity index (χ4v) is 4.18. The van der Waals surface area contributed by atoms with Crippen LogP contribution in [0.1, 0.15) is 20.7 Å². The third-order valence-corrected chi connectivity index (χ3v) is 5.63. The molecule has 152 valence electrons. The van der Waals surface area contributed by atoms with Crippen LogP contribution in [0.3, 0.4) is 0 Å². The molecule has 4 atom stereocenters. The van der Waals surface area contributed by atoms with Gasteiger partial charge in [0.1, 0.15) is 24.3 Å². The van der Waals surface area contributed by atoms with E-state index < -0.39 is 34.8 Å². The van der Waals surface area contributed by atoms with E-state index in [2.05, 4.69) is 6.58 Å². The molecule has 0 bridgehead atoms. The average Bonchev–Trinajstić information content (AvgIpc) is 3.05. The van der Waals surface area contributed by atoms with E-state index in [4.69, 9.17) is 14.2 Å². The predicted octanol–water partition coefficient (Wildman–Crippen LogP) is 3.07. The molecule has 1 N–H and O–H groups in total. The lowest BCUT2D eigenvalue weighted by molar-refractivity contribution is -0.0685. The Hall–Kier alpha value is -2.61. The first-order valence-corrected chi connectivity index (χ1v) is 10.1. The van der Waals surface area contributed by atoms with E-state index in [1.165, 1.54) is 0 Å². The Kier molecular flexibility index (Phi) is 7.46. The number of thioether (sulfide) groups is 1. The van der Waals surface area contributed by atoms with Crippen molar-refractivity contribution in [1.82, 2.24) is 0 Å². The minimum atomic E-state index is -0.927. The van der Waals surface area contributed by atoms with Crippen molar-refractivity contribution in [1.29, 1.82) is 0 Å². The van der Waals surface area contributed by atoms with Crippen molar-refractivity contribution in [2.75, 3.05) is 13.2 Å². The van der Waals surface area contributed by atoms with E-state index in [9.17, 15) is 14.7 Å². The Morgan fingerprint density at radius 2 is 1.55 bits per heavy atom. The van der Waals surface area contributed by atoms with Crippen molar-refractivity contribution in [2.45, 2.75) is 22.9 Å². The number of hydrogen-bond donors (Lipinski definition) is 1. The van der Waals surface area contributed by atoms with Crippen LogP contribution in [0.25, 0.3) is 0 Å². The second-order valence-electron chi connectivity index (χ2n) is 6.35. The number of aliphatic hydroxyl groups is 1. The van der Waals surface area contributed by atoms with Gasteiger partial charge < -0.3 is 19.3 Å². The first-order valence-electron chi connectivity index (χ1n) is 9.14. The molecule has 1 fully saturated rings. The number of carbonyl (C=O) groups is 2. The smallest absolute Gasteiger partial charge is 0.338 e. The molecule has 1 saturated heterocycles. The predicted molar refractivity (Wildman–Crippen MR) is 110 cm³/mol. The molecular weight excluding hydrogens is 392 g/mol. The quantitative estimate of drug-likeness (QED) is 0.525. The van der Waals surface area contributed by atoms with Gasteiger partial charge in [0.05, 0.1) is 23.0 Å². The summed E-state index contributed by atoms with van der Waals surface area (Å²) in [6, 6.07) is 17.2. The molecule has 1 aliphatic rings. The Balaban J connectivity index is 1.70. The summed E-state index contributed by atoms with van der Waals surface area (Å²) in [5, 5.41) is 9.92. The van der Waals surface area contributed by atoms with E-state index >= 15 is 0 Å². The highest BCUT2D eigenvalue weighted by atomic mass is 32.2. The van der Waals surface area contributed by atoms with Crippen LogP contribution in [-0.2, 0) is 14.2 Å². The highest BCUT2D eigenvalue weighted by molar-refractivity contribution is 8.00. The van der Waals surface area contributed by atoms with Crippen LogP contribution in [-0.4, -0.2) is 53.2 Å². The van der Waals surface area contributed by atoms with Crippen molar-refractivity contribution in [3.63, 3.8) is 0 Å². The number of benzene rings is 2. The van der Waals surface area contributed by atoms with Gasteiger partial charge in [-0.2, -0.15) is 0 Å². The summed E-state index contributed by atoms with van der Waals surface area (Å²) in [7, 11) is 0. The van der Waals surface area contributed by atoms with Gasteiger partial charge in [-0.25, -0.2) is 9.59 Å². The molecule has 0 spiro atoms. The zero-order valence-electron chi connectivity index (χ0n) is 15.7. The lowest BCUT2D eigenvalue weighted by Crippen LogP contribution is -2.40. The number of hydrogen-bond acceptors (Lipinski definition) is 7. The molecule has 0 aromatic heterocycles. The van der Waals surface area contributed by atoms with Crippen molar-refractivity contribution >= 4 is 23.7 Å². The van der Waals surface area contributed by atoms with Gasteiger partial charge >= 0.3 is 11.9 Å². The van der Waals surface area contributed by atoms with Gasteiger partial charge in [-0.05, 0) is 24.3 Å².